The first-order valence-corrected chi connectivity index (χ1v) is 6.77. The van der Waals surface area contributed by atoms with E-state index in [1.165, 1.54) is 35.4 Å². The van der Waals surface area contributed by atoms with Gasteiger partial charge in [-0.15, -0.1) is 0 Å². The SMILES string of the molecule is O=C(NN1CC(c2ccccc2)=CC1=O)c1ccc(F)cc1. The first-order chi connectivity index (χ1) is 10.6. The van der Waals surface area contributed by atoms with Gasteiger partial charge in [0.2, 0.25) is 0 Å². The van der Waals surface area contributed by atoms with Crippen molar-refractivity contribution >= 4 is 17.4 Å². The Bertz CT molecular complexity index is 739. The lowest BCUT2D eigenvalue weighted by Crippen LogP contribution is -2.43. The minimum absolute atomic E-state index is 0.283. The summed E-state index contributed by atoms with van der Waals surface area (Å²) in [4.78, 5) is 24.0. The molecule has 0 aliphatic carbocycles. The van der Waals surface area contributed by atoms with E-state index in [0.717, 1.165) is 11.1 Å². The van der Waals surface area contributed by atoms with E-state index in [9.17, 15) is 14.0 Å². The van der Waals surface area contributed by atoms with Crippen molar-refractivity contribution in [3.05, 3.63) is 77.6 Å². The first kappa shape index (κ1) is 14.0. The topological polar surface area (TPSA) is 49.4 Å². The quantitative estimate of drug-likeness (QED) is 0.945. The summed E-state index contributed by atoms with van der Waals surface area (Å²) in [5.74, 6) is -1.15. The molecule has 0 saturated carbocycles. The smallest absolute Gasteiger partial charge is 0.268 e. The second-order valence-electron chi connectivity index (χ2n) is 4.91. The van der Waals surface area contributed by atoms with Gasteiger partial charge in [-0.05, 0) is 35.4 Å². The fourth-order valence-electron chi connectivity index (χ4n) is 2.23. The third-order valence-corrected chi connectivity index (χ3v) is 3.38. The summed E-state index contributed by atoms with van der Waals surface area (Å²) < 4.78 is 12.9. The average molecular weight is 296 g/mol. The third-order valence-electron chi connectivity index (χ3n) is 3.38. The number of benzene rings is 2. The molecular weight excluding hydrogens is 283 g/mol. The standard InChI is InChI=1S/C17H13FN2O2/c18-15-8-6-13(7-9-15)17(22)19-20-11-14(10-16(20)21)12-4-2-1-3-5-12/h1-10H,11H2,(H,19,22). The molecule has 0 bridgehead atoms. The van der Waals surface area contributed by atoms with Crippen LogP contribution in [0.4, 0.5) is 4.39 Å². The van der Waals surface area contributed by atoms with Gasteiger partial charge in [-0.25, -0.2) is 9.40 Å². The highest BCUT2D eigenvalue weighted by molar-refractivity contribution is 6.03. The monoisotopic (exact) mass is 296 g/mol. The van der Waals surface area contributed by atoms with Gasteiger partial charge in [0, 0.05) is 11.6 Å². The molecule has 0 saturated heterocycles. The Morgan fingerprint density at radius 1 is 1.05 bits per heavy atom. The number of carbonyl (C=O) groups excluding carboxylic acids is 2. The number of hydrogen-bond donors (Lipinski definition) is 1. The molecule has 1 aliphatic rings. The van der Waals surface area contributed by atoms with Gasteiger partial charge in [0.1, 0.15) is 5.82 Å². The van der Waals surface area contributed by atoms with Crippen LogP contribution in [0, 0.1) is 5.82 Å². The number of halogens is 1. The molecule has 0 fully saturated rings. The molecule has 0 atom stereocenters. The van der Waals surface area contributed by atoms with E-state index in [0.29, 0.717) is 12.1 Å². The van der Waals surface area contributed by atoms with E-state index in [1.54, 1.807) is 0 Å². The first-order valence-electron chi connectivity index (χ1n) is 6.77. The molecule has 4 nitrogen and oxygen atoms in total. The molecule has 110 valence electrons. The molecule has 2 aromatic carbocycles. The van der Waals surface area contributed by atoms with Crippen molar-refractivity contribution in [3.63, 3.8) is 0 Å². The van der Waals surface area contributed by atoms with Crippen LogP contribution >= 0.6 is 0 Å². The van der Waals surface area contributed by atoms with Crippen LogP contribution in [0.3, 0.4) is 0 Å². The Labute approximate surface area is 126 Å². The van der Waals surface area contributed by atoms with Crippen molar-refractivity contribution in [2.45, 2.75) is 0 Å². The van der Waals surface area contributed by atoms with Crippen molar-refractivity contribution in [2.24, 2.45) is 0 Å². The highest BCUT2D eigenvalue weighted by Gasteiger charge is 2.24. The molecule has 2 aromatic rings. The van der Waals surface area contributed by atoms with Gasteiger partial charge in [0.05, 0.1) is 6.54 Å². The fourth-order valence-corrected chi connectivity index (χ4v) is 2.23. The summed E-state index contributed by atoms with van der Waals surface area (Å²) in [7, 11) is 0. The second kappa shape index (κ2) is 5.81. The highest BCUT2D eigenvalue weighted by Crippen LogP contribution is 2.20. The van der Waals surface area contributed by atoms with Crippen LogP contribution in [-0.4, -0.2) is 23.4 Å². The lowest BCUT2D eigenvalue weighted by Gasteiger charge is -2.17. The second-order valence-corrected chi connectivity index (χ2v) is 4.91. The van der Waals surface area contributed by atoms with Gasteiger partial charge in [-0.2, -0.15) is 0 Å². The molecular formula is C17H13FN2O2. The molecule has 0 radical (unpaired) electrons. The molecule has 1 aliphatic heterocycles. The van der Waals surface area contributed by atoms with Crippen molar-refractivity contribution in [1.29, 1.82) is 0 Å². The van der Waals surface area contributed by atoms with Gasteiger partial charge < -0.3 is 0 Å². The lowest BCUT2D eigenvalue weighted by molar-refractivity contribution is -0.126. The van der Waals surface area contributed by atoms with Crippen LogP contribution < -0.4 is 5.43 Å². The predicted octanol–water partition coefficient (Wildman–Crippen LogP) is 2.40. The highest BCUT2D eigenvalue weighted by atomic mass is 19.1. The van der Waals surface area contributed by atoms with Gasteiger partial charge in [0.25, 0.3) is 11.8 Å². The molecule has 1 heterocycles. The van der Waals surface area contributed by atoms with Crippen LogP contribution in [-0.2, 0) is 4.79 Å². The van der Waals surface area contributed by atoms with Crippen LogP contribution in [0.15, 0.2) is 60.7 Å². The summed E-state index contributed by atoms with van der Waals surface area (Å²) in [6.07, 6.45) is 1.50. The molecule has 22 heavy (non-hydrogen) atoms. The maximum Gasteiger partial charge on any atom is 0.269 e. The molecule has 3 rings (SSSR count). The maximum absolute atomic E-state index is 12.9. The Morgan fingerprint density at radius 2 is 1.73 bits per heavy atom. The molecule has 1 N–H and O–H groups in total. The summed E-state index contributed by atoms with van der Waals surface area (Å²) in [5, 5.41) is 1.24. The van der Waals surface area contributed by atoms with Crippen molar-refractivity contribution in [2.75, 3.05) is 6.54 Å². The fraction of sp³-hybridized carbons (Fsp3) is 0.0588. The summed E-state index contributed by atoms with van der Waals surface area (Å²) >= 11 is 0. The minimum Gasteiger partial charge on any atom is -0.268 e. The molecule has 5 heteroatoms. The van der Waals surface area contributed by atoms with E-state index in [1.807, 2.05) is 30.3 Å². The Hall–Kier alpha value is -2.95. The van der Waals surface area contributed by atoms with E-state index in [2.05, 4.69) is 5.43 Å². The largest absolute Gasteiger partial charge is 0.269 e. The van der Waals surface area contributed by atoms with Crippen LogP contribution in [0.25, 0.3) is 5.57 Å². The van der Waals surface area contributed by atoms with E-state index < -0.39 is 11.7 Å². The van der Waals surface area contributed by atoms with E-state index >= 15 is 0 Å². The number of amides is 2. The van der Waals surface area contributed by atoms with Crippen LogP contribution in [0.5, 0.6) is 0 Å². The number of rotatable bonds is 3. The number of hydrogen-bond acceptors (Lipinski definition) is 2. The van der Waals surface area contributed by atoms with Crippen LogP contribution in [0.2, 0.25) is 0 Å². The zero-order valence-electron chi connectivity index (χ0n) is 11.6. The predicted molar refractivity (Wildman–Crippen MR) is 80.0 cm³/mol. The van der Waals surface area contributed by atoms with Gasteiger partial charge >= 0.3 is 0 Å². The van der Waals surface area contributed by atoms with E-state index in [-0.39, 0.29) is 5.91 Å². The molecule has 0 spiro atoms. The van der Waals surface area contributed by atoms with Crippen LogP contribution in [0.1, 0.15) is 15.9 Å². The summed E-state index contributed by atoms with van der Waals surface area (Å²) in [6.45, 7) is 0.301. The zero-order chi connectivity index (χ0) is 15.5. The normalized spacial score (nSPS) is 14.0. The minimum atomic E-state index is -0.448. The zero-order valence-corrected chi connectivity index (χ0v) is 11.6. The van der Waals surface area contributed by atoms with Gasteiger partial charge in [0.15, 0.2) is 0 Å². The van der Waals surface area contributed by atoms with Gasteiger partial charge in [-0.3, -0.25) is 15.0 Å². The maximum atomic E-state index is 12.9. The number of nitrogens with zero attached hydrogens (tertiary/aromatic N) is 1. The van der Waals surface area contributed by atoms with Crippen molar-refractivity contribution in [1.82, 2.24) is 10.4 Å². The Morgan fingerprint density at radius 3 is 2.41 bits per heavy atom. The van der Waals surface area contributed by atoms with Crippen molar-refractivity contribution < 1.29 is 14.0 Å². The average Bonchev–Trinajstić information content (AvgIpc) is 2.90. The Balaban J connectivity index is 1.69. The summed E-state index contributed by atoms with van der Waals surface area (Å²) in [6, 6.07) is 14.6. The third kappa shape index (κ3) is 2.88. The number of hydrazine groups is 1. The van der Waals surface area contributed by atoms with E-state index in [4.69, 9.17) is 0 Å². The molecule has 2 amide bonds. The summed E-state index contributed by atoms with van der Waals surface area (Å²) in [5.41, 5.74) is 4.61. The van der Waals surface area contributed by atoms with Gasteiger partial charge in [-0.1, -0.05) is 30.3 Å². The lowest BCUT2D eigenvalue weighted by atomic mass is 10.1. The molecule has 0 unspecified atom stereocenters. The van der Waals surface area contributed by atoms with Crippen molar-refractivity contribution in [3.8, 4) is 0 Å². The number of nitrogens with one attached hydrogen (secondary N) is 1. The Kier molecular flexibility index (Phi) is 3.70. The molecule has 0 aromatic heterocycles. The number of carbonyl (C=O) groups is 2.